The summed E-state index contributed by atoms with van der Waals surface area (Å²) in [7, 11) is 0. The lowest BCUT2D eigenvalue weighted by Gasteiger charge is -1.98. The van der Waals surface area contributed by atoms with E-state index in [1.54, 1.807) is 0 Å². The fourth-order valence-corrected chi connectivity index (χ4v) is 0.899. The van der Waals surface area contributed by atoms with E-state index in [9.17, 15) is 9.18 Å². The summed E-state index contributed by atoms with van der Waals surface area (Å²) in [6, 6.07) is 1.16. The van der Waals surface area contributed by atoms with Crippen LogP contribution in [0.3, 0.4) is 0 Å². The van der Waals surface area contributed by atoms with E-state index in [1.165, 1.54) is 6.20 Å². The summed E-state index contributed by atoms with van der Waals surface area (Å²) in [5.41, 5.74) is 0.0311. The Labute approximate surface area is 72.8 Å². The lowest BCUT2D eigenvalue weighted by molar-refractivity contribution is 0.0696. The van der Waals surface area contributed by atoms with Gasteiger partial charge in [-0.3, -0.25) is 0 Å². The van der Waals surface area contributed by atoms with Gasteiger partial charge in [0.05, 0.1) is 5.56 Å². The summed E-state index contributed by atoms with van der Waals surface area (Å²) in [4.78, 5) is 14.0. The zero-order valence-electron chi connectivity index (χ0n) is 5.92. The molecule has 0 spiro atoms. The van der Waals surface area contributed by atoms with Crippen LogP contribution in [0.5, 0.6) is 0 Å². The van der Waals surface area contributed by atoms with Gasteiger partial charge in [-0.1, -0.05) is 11.6 Å². The molecule has 3 nitrogen and oxygen atoms in total. The van der Waals surface area contributed by atoms with Crippen LogP contribution in [0.25, 0.3) is 0 Å². The topological polar surface area (TPSA) is 50.2 Å². The highest BCUT2D eigenvalue weighted by molar-refractivity contribution is 6.32. The molecule has 1 rings (SSSR count). The van der Waals surface area contributed by atoms with Gasteiger partial charge in [0.1, 0.15) is 11.8 Å². The van der Waals surface area contributed by atoms with Crippen molar-refractivity contribution in [3.63, 3.8) is 0 Å². The van der Waals surface area contributed by atoms with E-state index in [0.29, 0.717) is 0 Å². The highest BCUT2D eigenvalue weighted by atomic mass is 35.5. The van der Waals surface area contributed by atoms with Crippen LogP contribution in [0, 0.1) is 0 Å². The van der Waals surface area contributed by atoms with Gasteiger partial charge in [-0.2, -0.15) is 0 Å². The molecule has 0 saturated carbocycles. The molecule has 12 heavy (non-hydrogen) atoms. The van der Waals surface area contributed by atoms with Gasteiger partial charge in [0.2, 0.25) is 0 Å². The number of carboxylic acid groups (broad SMARTS) is 1. The summed E-state index contributed by atoms with van der Waals surface area (Å²) in [5, 5.41) is 8.41. The van der Waals surface area contributed by atoms with Crippen molar-refractivity contribution in [2.24, 2.45) is 0 Å². The molecule has 0 aliphatic carbocycles. The average Bonchev–Trinajstić information content (AvgIpc) is 2.05. The van der Waals surface area contributed by atoms with Crippen molar-refractivity contribution < 1.29 is 14.3 Å². The van der Waals surface area contributed by atoms with Crippen molar-refractivity contribution in [2.45, 2.75) is 6.67 Å². The molecule has 1 aromatic heterocycles. The highest BCUT2D eigenvalue weighted by Crippen LogP contribution is 2.14. The molecule has 1 N–H and O–H groups in total. The minimum absolute atomic E-state index is 0.125. The quantitative estimate of drug-likeness (QED) is 0.723. The van der Waals surface area contributed by atoms with Gasteiger partial charge in [0, 0.05) is 11.8 Å². The molecule has 5 heteroatoms. The number of aromatic carboxylic acids is 1. The fraction of sp³-hybridized carbons (Fsp3) is 0.143. The first-order valence-corrected chi connectivity index (χ1v) is 3.46. The van der Waals surface area contributed by atoms with E-state index in [1.807, 2.05) is 0 Å². The molecule has 1 heterocycles. The van der Waals surface area contributed by atoms with Crippen molar-refractivity contribution in [1.29, 1.82) is 0 Å². The average molecular weight is 190 g/mol. The minimum Gasteiger partial charge on any atom is -0.478 e. The van der Waals surface area contributed by atoms with Gasteiger partial charge < -0.3 is 5.11 Å². The van der Waals surface area contributed by atoms with Gasteiger partial charge >= 0.3 is 5.97 Å². The molecule has 0 amide bonds. The highest BCUT2D eigenvalue weighted by Gasteiger charge is 2.10. The molecule has 0 fully saturated rings. The molecule has 0 bridgehead atoms. The minimum atomic E-state index is -1.21. The van der Waals surface area contributed by atoms with Crippen LogP contribution in [0.15, 0.2) is 12.3 Å². The van der Waals surface area contributed by atoms with Gasteiger partial charge in [-0.25, -0.2) is 14.2 Å². The third-order valence-corrected chi connectivity index (χ3v) is 1.58. The Kier molecular flexibility index (Phi) is 2.60. The second-order valence-corrected chi connectivity index (χ2v) is 2.48. The lowest BCUT2D eigenvalue weighted by Crippen LogP contribution is -2.00. The van der Waals surface area contributed by atoms with E-state index < -0.39 is 12.6 Å². The Morgan fingerprint density at radius 3 is 2.92 bits per heavy atom. The SMILES string of the molecule is O=C(O)c1cc(CF)cnc1Cl. The number of nitrogens with zero attached hydrogens (tertiary/aromatic N) is 1. The summed E-state index contributed by atoms with van der Waals surface area (Å²) >= 11 is 5.43. The van der Waals surface area contributed by atoms with Crippen LogP contribution in [0.1, 0.15) is 15.9 Å². The second-order valence-electron chi connectivity index (χ2n) is 2.12. The smallest absolute Gasteiger partial charge is 0.338 e. The maximum absolute atomic E-state index is 12.0. The number of carboxylic acids is 1. The molecule has 0 unspecified atom stereocenters. The predicted molar refractivity (Wildman–Crippen MR) is 41.0 cm³/mol. The van der Waals surface area contributed by atoms with Crippen molar-refractivity contribution in [2.75, 3.05) is 0 Å². The first-order valence-electron chi connectivity index (χ1n) is 3.09. The van der Waals surface area contributed by atoms with Crippen molar-refractivity contribution in [1.82, 2.24) is 4.98 Å². The van der Waals surface area contributed by atoms with Crippen LogP contribution in [0.2, 0.25) is 5.15 Å². The normalized spacial score (nSPS) is 9.83. The number of alkyl halides is 1. The molecular weight excluding hydrogens is 185 g/mol. The molecule has 0 saturated heterocycles. The number of hydrogen-bond donors (Lipinski definition) is 1. The van der Waals surface area contributed by atoms with Crippen molar-refractivity contribution in [3.8, 4) is 0 Å². The Bertz CT molecular complexity index is 316. The van der Waals surface area contributed by atoms with E-state index in [-0.39, 0.29) is 16.3 Å². The number of halogens is 2. The van der Waals surface area contributed by atoms with E-state index in [2.05, 4.69) is 4.98 Å². The standard InChI is InChI=1S/C7H5ClFNO2/c8-6-5(7(11)12)1-4(2-9)3-10-6/h1,3H,2H2,(H,11,12). The van der Waals surface area contributed by atoms with E-state index in [4.69, 9.17) is 16.7 Å². The summed E-state index contributed by atoms with van der Waals surface area (Å²) in [5.74, 6) is -1.21. The van der Waals surface area contributed by atoms with Crippen LogP contribution in [-0.2, 0) is 6.67 Å². The molecule has 0 radical (unpaired) electrons. The molecule has 1 aromatic rings. The summed E-state index contributed by atoms with van der Waals surface area (Å²) in [6.45, 7) is -0.746. The maximum Gasteiger partial charge on any atom is 0.338 e. The fourth-order valence-electron chi connectivity index (χ4n) is 0.714. The maximum atomic E-state index is 12.0. The number of pyridine rings is 1. The van der Waals surface area contributed by atoms with Crippen molar-refractivity contribution >= 4 is 17.6 Å². The number of aromatic nitrogens is 1. The first kappa shape index (κ1) is 8.93. The first-order chi connectivity index (χ1) is 5.65. The Morgan fingerprint density at radius 2 is 2.42 bits per heavy atom. The van der Waals surface area contributed by atoms with E-state index in [0.717, 1.165) is 6.07 Å². The Hall–Kier alpha value is -1.16. The lowest BCUT2D eigenvalue weighted by atomic mass is 10.2. The van der Waals surface area contributed by atoms with Crippen LogP contribution in [-0.4, -0.2) is 16.1 Å². The second kappa shape index (κ2) is 3.49. The third kappa shape index (κ3) is 1.71. The molecule has 0 aliphatic rings. The largest absolute Gasteiger partial charge is 0.478 e. The molecule has 64 valence electrons. The zero-order valence-corrected chi connectivity index (χ0v) is 6.68. The molecule has 0 aliphatic heterocycles. The Balaban J connectivity index is 3.17. The molecular formula is C7H5ClFNO2. The Morgan fingerprint density at radius 1 is 1.75 bits per heavy atom. The van der Waals surface area contributed by atoms with Crippen LogP contribution >= 0.6 is 11.6 Å². The summed E-state index contributed by atoms with van der Waals surface area (Å²) < 4.78 is 12.0. The molecule has 0 atom stereocenters. The van der Waals surface area contributed by atoms with Gasteiger partial charge in [-0.05, 0) is 6.07 Å². The number of rotatable bonds is 2. The third-order valence-electron chi connectivity index (χ3n) is 1.28. The van der Waals surface area contributed by atoms with Gasteiger partial charge in [-0.15, -0.1) is 0 Å². The van der Waals surface area contributed by atoms with Crippen LogP contribution < -0.4 is 0 Å². The molecule has 0 aromatic carbocycles. The van der Waals surface area contributed by atoms with Gasteiger partial charge in [0.15, 0.2) is 0 Å². The number of carbonyl (C=O) groups is 1. The number of hydrogen-bond acceptors (Lipinski definition) is 2. The van der Waals surface area contributed by atoms with Gasteiger partial charge in [0.25, 0.3) is 0 Å². The van der Waals surface area contributed by atoms with Crippen molar-refractivity contribution in [3.05, 3.63) is 28.5 Å². The van der Waals surface area contributed by atoms with Crippen LogP contribution in [0.4, 0.5) is 4.39 Å². The zero-order chi connectivity index (χ0) is 9.14. The van der Waals surface area contributed by atoms with E-state index >= 15 is 0 Å². The summed E-state index contributed by atoms with van der Waals surface area (Å²) in [6.07, 6.45) is 1.20. The monoisotopic (exact) mass is 189 g/mol. The predicted octanol–water partition coefficient (Wildman–Crippen LogP) is 1.90.